The molecule has 3 aliphatic heterocycles. The molecule has 5 aromatic carbocycles. The number of Topliss-reactive ketones (excluding diaryl/α,β-unsaturated/α-hetero) is 1. The van der Waals surface area contributed by atoms with Gasteiger partial charge < -0.3 is 15.0 Å². The average Bonchev–Trinajstić information content (AvgIpc) is 3.60. The van der Waals surface area contributed by atoms with Crippen molar-refractivity contribution in [3.05, 3.63) is 173 Å². The van der Waals surface area contributed by atoms with Crippen LogP contribution < -0.4 is 10.2 Å². The molecule has 0 saturated carbocycles. The molecule has 1 spiro atoms. The van der Waals surface area contributed by atoms with E-state index in [0.29, 0.717) is 16.9 Å². The second-order valence-corrected chi connectivity index (χ2v) is 12.1. The largest absolute Gasteiger partial charge is 0.451 e. The van der Waals surface area contributed by atoms with E-state index in [2.05, 4.69) is 5.32 Å². The van der Waals surface area contributed by atoms with E-state index < -0.39 is 47.1 Å². The minimum Gasteiger partial charge on any atom is -0.451 e. The Morgan fingerprint density at radius 3 is 2.09 bits per heavy atom. The Morgan fingerprint density at radius 2 is 1.38 bits per heavy atom. The van der Waals surface area contributed by atoms with E-state index in [1.807, 2.05) is 120 Å². The monoisotopic (exact) mass is 620 g/mol. The lowest BCUT2D eigenvalue weighted by molar-refractivity contribution is -0.150. The van der Waals surface area contributed by atoms with Gasteiger partial charge in [-0.15, -0.1) is 0 Å². The maximum absolute atomic E-state index is 15.0. The smallest absolute Gasteiger partial charge is 0.330 e. The van der Waals surface area contributed by atoms with Gasteiger partial charge in [-0.25, -0.2) is 9.18 Å². The van der Waals surface area contributed by atoms with Gasteiger partial charge in [0.1, 0.15) is 17.3 Å². The number of amides is 1. The van der Waals surface area contributed by atoms with Gasteiger partial charge in [0, 0.05) is 16.9 Å². The quantitative estimate of drug-likeness (QED) is 0.162. The molecule has 6 nitrogen and oxygen atoms in total. The summed E-state index contributed by atoms with van der Waals surface area (Å²) >= 11 is 0. The van der Waals surface area contributed by atoms with Crippen molar-refractivity contribution < 1.29 is 23.5 Å². The van der Waals surface area contributed by atoms with Crippen LogP contribution in [-0.4, -0.2) is 29.7 Å². The number of hydrogen-bond donors (Lipinski definition) is 1. The fourth-order valence-electron chi connectivity index (χ4n) is 7.66. The van der Waals surface area contributed by atoms with E-state index in [1.54, 1.807) is 6.07 Å². The van der Waals surface area contributed by atoms with Crippen molar-refractivity contribution in [2.75, 3.05) is 10.2 Å². The highest BCUT2D eigenvalue weighted by molar-refractivity contribution is 6.16. The van der Waals surface area contributed by atoms with Gasteiger partial charge in [-0.1, -0.05) is 109 Å². The van der Waals surface area contributed by atoms with Gasteiger partial charge in [-0.3, -0.25) is 9.59 Å². The molecule has 5 aromatic rings. The van der Waals surface area contributed by atoms with E-state index in [1.165, 1.54) is 24.3 Å². The summed E-state index contributed by atoms with van der Waals surface area (Å²) in [7, 11) is 0. The predicted molar refractivity (Wildman–Crippen MR) is 177 cm³/mol. The fourth-order valence-corrected chi connectivity index (χ4v) is 7.66. The van der Waals surface area contributed by atoms with Crippen molar-refractivity contribution in [1.29, 1.82) is 0 Å². The van der Waals surface area contributed by atoms with Crippen LogP contribution in [-0.2, 0) is 19.7 Å². The van der Waals surface area contributed by atoms with Crippen LogP contribution >= 0.6 is 0 Å². The van der Waals surface area contributed by atoms with E-state index in [4.69, 9.17) is 4.74 Å². The standard InChI is InChI=1S/C40H29FN2O4/c41-29-22-19-26(20-23-29)36(44)34-35(38(45)47-37(27-12-3-1-4-13-27)28-14-5-2-6-15-28)43-32-18-10-7-11-25(32)21-24-33(43)40(34)30-16-8-9-17-31(30)42-39(40)46/h1-24,33-35,37H,(H,42,46)/t33?,34-,35+,40+/m0/s1. The first-order valence-electron chi connectivity index (χ1n) is 15.5. The van der Waals surface area contributed by atoms with Crippen molar-refractivity contribution in [2.24, 2.45) is 5.92 Å². The topological polar surface area (TPSA) is 75.7 Å². The number of ketones is 1. The number of rotatable bonds is 6. The van der Waals surface area contributed by atoms with Crippen LogP contribution in [0.25, 0.3) is 6.08 Å². The number of carbonyl (C=O) groups is 3. The zero-order valence-electron chi connectivity index (χ0n) is 25.1. The number of ether oxygens (including phenoxy) is 1. The fraction of sp³-hybridized carbons (Fsp3) is 0.125. The lowest BCUT2D eigenvalue weighted by Gasteiger charge is -2.37. The van der Waals surface area contributed by atoms with E-state index in [-0.39, 0.29) is 11.5 Å². The molecule has 1 unspecified atom stereocenters. The number of esters is 1. The van der Waals surface area contributed by atoms with E-state index >= 15 is 0 Å². The third-order valence-electron chi connectivity index (χ3n) is 9.63. The van der Waals surface area contributed by atoms with Crippen molar-refractivity contribution in [3.63, 3.8) is 0 Å². The summed E-state index contributed by atoms with van der Waals surface area (Å²) in [5.74, 6) is -3.19. The Kier molecular flexibility index (Phi) is 6.83. The van der Waals surface area contributed by atoms with E-state index in [0.717, 1.165) is 16.7 Å². The maximum Gasteiger partial charge on any atom is 0.330 e. The van der Waals surface area contributed by atoms with Crippen molar-refractivity contribution in [3.8, 4) is 0 Å². The van der Waals surface area contributed by atoms with Crippen molar-refractivity contribution in [2.45, 2.75) is 23.6 Å². The van der Waals surface area contributed by atoms with Gasteiger partial charge in [0.05, 0.1) is 12.0 Å². The molecule has 0 bridgehead atoms. The molecular formula is C40H29FN2O4. The number of benzene rings is 5. The van der Waals surface area contributed by atoms with Gasteiger partial charge in [-0.05, 0) is 58.7 Å². The molecule has 1 saturated heterocycles. The van der Waals surface area contributed by atoms with Gasteiger partial charge in [0.2, 0.25) is 5.91 Å². The highest BCUT2D eigenvalue weighted by atomic mass is 19.1. The minimum absolute atomic E-state index is 0.200. The number of hydrogen-bond acceptors (Lipinski definition) is 5. The first-order valence-corrected chi connectivity index (χ1v) is 15.5. The number of fused-ring (bicyclic) bond motifs is 6. The zero-order valence-corrected chi connectivity index (χ0v) is 25.1. The summed E-state index contributed by atoms with van der Waals surface area (Å²) < 4.78 is 20.6. The molecule has 4 atom stereocenters. The van der Waals surface area contributed by atoms with Crippen LogP contribution in [0.1, 0.15) is 38.7 Å². The molecule has 7 heteroatoms. The summed E-state index contributed by atoms with van der Waals surface area (Å²) in [5.41, 5.74) is 3.01. The Hall–Kier alpha value is -5.82. The van der Waals surface area contributed by atoms with Crippen LogP contribution in [0, 0.1) is 11.7 Å². The Morgan fingerprint density at radius 1 is 0.766 bits per heavy atom. The van der Waals surface area contributed by atoms with Crippen LogP contribution in [0.2, 0.25) is 0 Å². The SMILES string of the molecule is O=C(c1ccc(F)cc1)[C@@H]1[C@H](C(=O)OC(c2ccccc2)c2ccccc2)N2c3ccccc3C=CC2[C@@]12C(=O)Nc1ccccc12. The molecule has 3 aliphatic rings. The van der Waals surface area contributed by atoms with Crippen molar-refractivity contribution in [1.82, 2.24) is 0 Å². The molecule has 230 valence electrons. The number of halogens is 1. The van der Waals surface area contributed by atoms with E-state index in [9.17, 15) is 18.8 Å². The van der Waals surface area contributed by atoms with Crippen LogP contribution in [0.5, 0.6) is 0 Å². The molecule has 1 N–H and O–H groups in total. The number of carbonyl (C=O) groups excluding carboxylic acids is 3. The van der Waals surface area contributed by atoms with Gasteiger partial charge in [0.25, 0.3) is 0 Å². The lowest BCUT2D eigenvalue weighted by Crippen LogP contribution is -2.51. The summed E-state index contributed by atoms with van der Waals surface area (Å²) in [5, 5.41) is 3.02. The zero-order chi connectivity index (χ0) is 32.1. The number of anilines is 2. The molecule has 0 aromatic heterocycles. The maximum atomic E-state index is 15.0. The van der Waals surface area contributed by atoms with Crippen molar-refractivity contribution >= 4 is 35.1 Å². The number of para-hydroxylation sites is 2. The summed E-state index contributed by atoms with van der Waals surface area (Å²) in [4.78, 5) is 46.3. The first kappa shape index (κ1) is 28.6. The molecule has 1 amide bonds. The molecule has 1 fully saturated rings. The molecular weight excluding hydrogens is 591 g/mol. The summed E-state index contributed by atoms with van der Waals surface area (Å²) in [6.07, 6.45) is 3.08. The molecule has 47 heavy (non-hydrogen) atoms. The third kappa shape index (κ3) is 4.41. The third-order valence-corrected chi connectivity index (χ3v) is 9.63. The minimum atomic E-state index is -1.50. The average molecular weight is 621 g/mol. The van der Waals surface area contributed by atoms with Gasteiger partial charge in [-0.2, -0.15) is 0 Å². The Balaban J connectivity index is 1.35. The molecule has 8 rings (SSSR count). The predicted octanol–water partition coefficient (Wildman–Crippen LogP) is 7.13. The number of nitrogens with zero attached hydrogens (tertiary/aromatic N) is 1. The highest BCUT2D eigenvalue weighted by Gasteiger charge is 2.71. The first-order chi connectivity index (χ1) is 23.0. The normalized spacial score (nSPS) is 22.0. The highest BCUT2D eigenvalue weighted by Crippen LogP contribution is 2.58. The summed E-state index contributed by atoms with van der Waals surface area (Å²) in [6, 6.07) is 37.1. The molecule has 3 heterocycles. The van der Waals surface area contributed by atoms with Crippen LogP contribution in [0.4, 0.5) is 15.8 Å². The molecule has 0 radical (unpaired) electrons. The summed E-state index contributed by atoms with van der Waals surface area (Å²) in [6.45, 7) is 0. The van der Waals surface area contributed by atoms with Gasteiger partial charge >= 0.3 is 5.97 Å². The second-order valence-electron chi connectivity index (χ2n) is 12.1. The number of nitrogens with one attached hydrogen (secondary N) is 1. The Labute approximate surface area is 271 Å². The van der Waals surface area contributed by atoms with Crippen LogP contribution in [0.3, 0.4) is 0 Å². The lowest BCUT2D eigenvalue weighted by atomic mass is 9.64. The Bertz CT molecular complexity index is 2010. The van der Waals surface area contributed by atoms with Crippen LogP contribution in [0.15, 0.2) is 140 Å². The second kappa shape index (κ2) is 11.2. The molecule has 0 aliphatic carbocycles. The van der Waals surface area contributed by atoms with Gasteiger partial charge in [0.15, 0.2) is 11.9 Å².